The summed E-state index contributed by atoms with van der Waals surface area (Å²) in [6.07, 6.45) is 2.16. The van der Waals surface area contributed by atoms with Gasteiger partial charge < -0.3 is 15.2 Å². The number of rotatable bonds is 3. The molecule has 1 aliphatic rings. The molecule has 0 aromatic heterocycles. The first-order valence-corrected chi connectivity index (χ1v) is 7.09. The van der Waals surface area contributed by atoms with Gasteiger partial charge in [-0.05, 0) is 59.5 Å². The Kier molecular flexibility index (Phi) is 4.82. The predicted molar refractivity (Wildman–Crippen MR) is 76.7 cm³/mol. The first kappa shape index (κ1) is 13.6. The molecule has 1 fully saturated rings. The zero-order valence-corrected chi connectivity index (χ0v) is 12.1. The highest BCUT2D eigenvalue weighted by Gasteiger charge is 2.15. The average Bonchev–Trinajstić information content (AvgIpc) is 2.40. The molecule has 1 aromatic carbocycles. The van der Waals surface area contributed by atoms with E-state index in [1.54, 1.807) is 12.1 Å². The molecule has 1 saturated heterocycles. The van der Waals surface area contributed by atoms with Crippen molar-refractivity contribution in [2.45, 2.75) is 12.8 Å². The monoisotopic (exact) mass is 361 g/mol. The van der Waals surface area contributed by atoms with Crippen LogP contribution in [0.25, 0.3) is 0 Å². The van der Waals surface area contributed by atoms with Gasteiger partial charge in [0.1, 0.15) is 5.75 Å². The molecule has 98 valence electrons. The van der Waals surface area contributed by atoms with E-state index < -0.39 is 0 Å². The van der Waals surface area contributed by atoms with E-state index in [2.05, 4.69) is 5.32 Å². The Bertz CT molecular complexity index is 430. The summed E-state index contributed by atoms with van der Waals surface area (Å²) >= 11 is 2.02. The Morgan fingerprint density at radius 1 is 1.56 bits per heavy atom. The number of amides is 1. The Morgan fingerprint density at radius 2 is 2.39 bits per heavy atom. The molecule has 1 aromatic rings. The first-order valence-electron chi connectivity index (χ1n) is 6.01. The smallest absolute Gasteiger partial charge is 0.251 e. The van der Waals surface area contributed by atoms with Gasteiger partial charge in [-0.3, -0.25) is 4.79 Å². The van der Waals surface area contributed by atoms with Crippen molar-refractivity contribution in [2.24, 2.45) is 5.92 Å². The van der Waals surface area contributed by atoms with Gasteiger partial charge in [0.05, 0.1) is 10.2 Å². The molecule has 1 atom stereocenters. The molecule has 1 amide bonds. The van der Waals surface area contributed by atoms with E-state index in [1.165, 1.54) is 6.07 Å². The number of hydrogen-bond donors (Lipinski definition) is 2. The second-order valence-corrected chi connectivity index (χ2v) is 5.62. The summed E-state index contributed by atoms with van der Waals surface area (Å²) in [5.41, 5.74) is 0.490. The van der Waals surface area contributed by atoms with Crippen LogP contribution in [0.4, 0.5) is 0 Å². The largest absolute Gasteiger partial charge is 0.507 e. The van der Waals surface area contributed by atoms with Crippen LogP contribution in [0, 0.1) is 9.49 Å². The minimum Gasteiger partial charge on any atom is -0.507 e. The number of phenols is 1. The van der Waals surface area contributed by atoms with Gasteiger partial charge in [0, 0.05) is 18.7 Å². The SMILES string of the molecule is O=C(NCC1CCCOC1)c1ccc(I)c(O)c1. The van der Waals surface area contributed by atoms with Gasteiger partial charge in [0.15, 0.2) is 0 Å². The summed E-state index contributed by atoms with van der Waals surface area (Å²) in [5, 5.41) is 12.4. The van der Waals surface area contributed by atoms with Crippen molar-refractivity contribution in [1.29, 1.82) is 0 Å². The van der Waals surface area contributed by atoms with Gasteiger partial charge >= 0.3 is 0 Å². The van der Waals surface area contributed by atoms with Crippen molar-refractivity contribution in [3.05, 3.63) is 27.3 Å². The van der Waals surface area contributed by atoms with Gasteiger partial charge in [-0.2, -0.15) is 0 Å². The summed E-state index contributed by atoms with van der Waals surface area (Å²) in [7, 11) is 0. The van der Waals surface area contributed by atoms with E-state index in [9.17, 15) is 9.90 Å². The second-order valence-electron chi connectivity index (χ2n) is 4.46. The van der Waals surface area contributed by atoms with E-state index in [1.807, 2.05) is 22.6 Å². The van der Waals surface area contributed by atoms with Crippen LogP contribution in [0.5, 0.6) is 5.75 Å². The standard InChI is InChI=1S/C13H16INO3/c14-11-4-3-10(6-12(11)16)13(17)15-7-9-2-1-5-18-8-9/h3-4,6,9,16H,1-2,5,7-8H2,(H,15,17). The van der Waals surface area contributed by atoms with E-state index >= 15 is 0 Å². The van der Waals surface area contributed by atoms with Crippen LogP contribution in [-0.2, 0) is 4.74 Å². The number of halogens is 1. The molecule has 2 rings (SSSR count). The van der Waals surface area contributed by atoms with Crippen molar-refractivity contribution in [3.63, 3.8) is 0 Å². The number of benzene rings is 1. The molecular weight excluding hydrogens is 345 g/mol. The molecule has 18 heavy (non-hydrogen) atoms. The predicted octanol–water partition coefficient (Wildman–Crippen LogP) is 2.15. The van der Waals surface area contributed by atoms with Crippen molar-refractivity contribution < 1.29 is 14.6 Å². The van der Waals surface area contributed by atoms with E-state index in [4.69, 9.17) is 4.74 Å². The Labute approximate surface area is 120 Å². The number of phenolic OH excluding ortho intramolecular Hbond substituents is 1. The quantitative estimate of drug-likeness (QED) is 0.812. The fourth-order valence-corrected chi connectivity index (χ4v) is 2.30. The summed E-state index contributed by atoms with van der Waals surface area (Å²) in [5.74, 6) is 0.400. The number of ether oxygens (including phenoxy) is 1. The lowest BCUT2D eigenvalue weighted by Gasteiger charge is -2.22. The second kappa shape index (κ2) is 6.38. The summed E-state index contributed by atoms with van der Waals surface area (Å²) < 4.78 is 6.10. The fourth-order valence-electron chi connectivity index (χ4n) is 1.96. The molecular formula is C13H16INO3. The highest BCUT2D eigenvalue weighted by molar-refractivity contribution is 14.1. The summed E-state index contributed by atoms with van der Waals surface area (Å²) in [6, 6.07) is 4.94. The maximum atomic E-state index is 11.9. The molecule has 0 bridgehead atoms. The third kappa shape index (κ3) is 3.58. The topological polar surface area (TPSA) is 58.6 Å². The zero-order chi connectivity index (χ0) is 13.0. The first-order chi connectivity index (χ1) is 8.66. The summed E-state index contributed by atoms with van der Waals surface area (Å²) in [4.78, 5) is 11.9. The Balaban J connectivity index is 1.88. The third-order valence-electron chi connectivity index (χ3n) is 3.01. The van der Waals surface area contributed by atoms with Crippen LogP contribution < -0.4 is 5.32 Å². The lowest BCUT2D eigenvalue weighted by atomic mass is 10.0. The van der Waals surface area contributed by atoms with Crippen LogP contribution >= 0.6 is 22.6 Å². The number of aromatic hydroxyl groups is 1. The van der Waals surface area contributed by atoms with E-state index in [0.717, 1.165) is 29.6 Å². The molecule has 0 aliphatic carbocycles. The molecule has 1 aliphatic heterocycles. The third-order valence-corrected chi connectivity index (χ3v) is 3.93. The van der Waals surface area contributed by atoms with Crippen LogP contribution in [-0.4, -0.2) is 30.8 Å². The van der Waals surface area contributed by atoms with Crippen LogP contribution in [0.3, 0.4) is 0 Å². The minimum absolute atomic E-state index is 0.143. The maximum absolute atomic E-state index is 11.9. The lowest BCUT2D eigenvalue weighted by Crippen LogP contribution is -2.33. The number of nitrogens with one attached hydrogen (secondary N) is 1. The van der Waals surface area contributed by atoms with Gasteiger partial charge in [0.25, 0.3) is 5.91 Å². The molecule has 0 spiro atoms. The minimum atomic E-state index is -0.146. The van der Waals surface area contributed by atoms with Gasteiger partial charge in [-0.25, -0.2) is 0 Å². The normalized spacial score (nSPS) is 19.5. The molecule has 2 N–H and O–H groups in total. The van der Waals surface area contributed by atoms with E-state index in [0.29, 0.717) is 18.0 Å². The zero-order valence-electron chi connectivity index (χ0n) is 9.99. The Hall–Kier alpha value is -0.820. The lowest BCUT2D eigenvalue weighted by molar-refractivity contribution is 0.0536. The van der Waals surface area contributed by atoms with Gasteiger partial charge in [0.2, 0.25) is 0 Å². The number of carbonyl (C=O) groups is 1. The van der Waals surface area contributed by atoms with Crippen molar-refractivity contribution in [3.8, 4) is 5.75 Å². The summed E-state index contributed by atoms with van der Waals surface area (Å²) in [6.45, 7) is 2.18. The van der Waals surface area contributed by atoms with Crippen molar-refractivity contribution in [2.75, 3.05) is 19.8 Å². The molecule has 0 saturated carbocycles. The Morgan fingerprint density at radius 3 is 3.06 bits per heavy atom. The maximum Gasteiger partial charge on any atom is 0.251 e. The van der Waals surface area contributed by atoms with Gasteiger partial charge in [-0.1, -0.05) is 0 Å². The molecule has 1 heterocycles. The highest BCUT2D eigenvalue weighted by Crippen LogP contribution is 2.20. The van der Waals surface area contributed by atoms with Crippen molar-refractivity contribution in [1.82, 2.24) is 5.32 Å². The average molecular weight is 361 g/mol. The van der Waals surface area contributed by atoms with Gasteiger partial charge in [-0.15, -0.1) is 0 Å². The molecule has 1 unspecified atom stereocenters. The van der Waals surface area contributed by atoms with Crippen molar-refractivity contribution >= 4 is 28.5 Å². The highest BCUT2D eigenvalue weighted by atomic mass is 127. The molecule has 0 radical (unpaired) electrons. The van der Waals surface area contributed by atoms with Crippen LogP contribution in [0.1, 0.15) is 23.2 Å². The number of hydrogen-bond acceptors (Lipinski definition) is 3. The van der Waals surface area contributed by atoms with Crippen LogP contribution in [0.15, 0.2) is 18.2 Å². The molecule has 4 nitrogen and oxygen atoms in total. The van der Waals surface area contributed by atoms with E-state index in [-0.39, 0.29) is 11.7 Å². The van der Waals surface area contributed by atoms with Crippen LogP contribution in [0.2, 0.25) is 0 Å². The fraction of sp³-hybridized carbons (Fsp3) is 0.462. The number of carbonyl (C=O) groups excluding carboxylic acids is 1. The molecule has 5 heteroatoms.